The van der Waals surface area contributed by atoms with Gasteiger partial charge in [0, 0.05) is 6.04 Å². The molecule has 6 heteroatoms. The molecule has 2 aliphatic carbocycles. The zero-order valence-electron chi connectivity index (χ0n) is 14.4. The minimum absolute atomic E-state index is 0.182. The molecule has 25 heavy (non-hydrogen) atoms. The van der Waals surface area contributed by atoms with Crippen molar-refractivity contribution in [3.63, 3.8) is 0 Å². The van der Waals surface area contributed by atoms with Crippen molar-refractivity contribution in [3.8, 4) is 0 Å². The summed E-state index contributed by atoms with van der Waals surface area (Å²) >= 11 is 0. The summed E-state index contributed by atoms with van der Waals surface area (Å²) in [6, 6.07) is 9.21. The summed E-state index contributed by atoms with van der Waals surface area (Å²) in [5, 5.41) is 26.4. The van der Waals surface area contributed by atoms with Gasteiger partial charge in [-0.1, -0.05) is 49.6 Å². The molecule has 1 aromatic carbocycles. The monoisotopic (exact) mass is 348 g/mol. The maximum atomic E-state index is 12.1. The molecule has 0 aromatic heterocycles. The van der Waals surface area contributed by atoms with Crippen LogP contribution in [0.5, 0.6) is 0 Å². The first-order valence-electron chi connectivity index (χ1n) is 9.21. The maximum Gasteiger partial charge on any atom is 0.407 e. The van der Waals surface area contributed by atoms with Crippen molar-refractivity contribution >= 4 is 6.09 Å². The largest absolute Gasteiger partial charge is 0.445 e. The number of hydrogen-bond acceptors (Lipinski definition) is 5. The van der Waals surface area contributed by atoms with E-state index in [2.05, 4.69) is 10.6 Å². The normalized spacial score (nSPS) is 21.0. The van der Waals surface area contributed by atoms with Gasteiger partial charge in [-0.2, -0.15) is 0 Å². The van der Waals surface area contributed by atoms with Crippen LogP contribution in [0, 0.1) is 5.92 Å². The first kappa shape index (κ1) is 18.2. The Hall–Kier alpha value is -1.63. The van der Waals surface area contributed by atoms with Crippen LogP contribution in [0.4, 0.5) is 4.79 Å². The lowest BCUT2D eigenvalue weighted by Crippen LogP contribution is -2.54. The van der Waals surface area contributed by atoms with E-state index in [1.807, 2.05) is 30.3 Å². The quantitative estimate of drug-likeness (QED) is 0.512. The van der Waals surface area contributed by atoms with E-state index in [4.69, 9.17) is 4.74 Å². The lowest BCUT2D eigenvalue weighted by atomic mass is 9.79. The Kier molecular flexibility index (Phi) is 6.29. The number of amides is 1. The Morgan fingerprint density at radius 2 is 1.88 bits per heavy atom. The molecule has 0 bridgehead atoms. The number of benzene rings is 1. The van der Waals surface area contributed by atoms with Gasteiger partial charge in [-0.3, -0.25) is 5.32 Å². The average Bonchev–Trinajstić information content (AvgIpc) is 3.39. The van der Waals surface area contributed by atoms with Crippen LogP contribution in [0.3, 0.4) is 0 Å². The van der Waals surface area contributed by atoms with Gasteiger partial charge < -0.3 is 20.3 Å². The van der Waals surface area contributed by atoms with Crippen molar-refractivity contribution in [2.75, 3.05) is 0 Å². The number of rotatable bonds is 9. The lowest BCUT2D eigenvalue weighted by Gasteiger charge is -2.34. The third kappa shape index (κ3) is 5.70. The number of nitrogens with one attached hydrogen (secondary N) is 2. The topological polar surface area (TPSA) is 90.8 Å². The molecular weight excluding hydrogens is 320 g/mol. The van der Waals surface area contributed by atoms with Crippen LogP contribution < -0.4 is 10.6 Å². The zero-order chi connectivity index (χ0) is 17.6. The molecule has 1 amide bonds. The van der Waals surface area contributed by atoms with Gasteiger partial charge in [-0.05, 0) is 30.7 Å². The fourth-order valence-corrected chi connectivity index (χ4v) is 3.10. The molecule has 6 nitrogen and oxygen atoms in total. The van der Waals surface area contributed by atoms with E-state index in [1.54, 1.807) is 0 Å². The van der Waals surface area contributed by atoms with Gasteiger partial charge in [0.15, 0.2) is 0 Å². The van der Waals surface area contributed by atoms with E-state index < -0.39 is 24.5 Å². The van der Waals surface area contributed by atoms with Gasteiger partial charge in [0.25, 0.3) is 0 Å². The van der Waals surface area contributed by atoms with Crippen LogP contribution >= 0.6 is 0 Å². The Morgan fingerprint density at radius 1 is 1.16 bits per heavy atom. The van der Waals surface area contributed by atoms with Crippen molar-refractivity contribution < 1.29 is 19.7 Å². The Bertz CT molecular complexity index is 546. The van der Waals surface area contributed by atoms with Gasteiger partial charge in [-0.15, -0.1) is 0 Å². The zero-order valence-corrected chi connectivity index (χ0v) is 14.4. The van der Waals surface area contributed by atoms with Gasteiger partial charge in [0.1, 0.15) is 18.9 Å². The summed E-state index contributed by atoms with van der Waals surface area (Å²) in [5.74, 6) is 0.488. The third-order valence-electron chi connectivity index (χ3n) is 5.05. The Balaban J connectivity index is 1.51. The van der Waals surface area contributed by atoms with E-state index >= 15 is 0 Å². The number of hydrogen-bond donors (Lipinski definition) is 4. The second-order valence-corrected chi connectivity index (χ2v) is 7.22. The summed E-state index contributed by atoms with van der Waals surface area (Å²) < 4.78 is 5.25. The molecule has 0 spiro atoms. The highest BCUT2D eigenvalue weighted by molar-refractivity contribution is 5.67. The molecule has 3 rings (SSSR count). The molecule has 4 N–H and O–H groups in total. The molecule has 138 valence electrons. The number of carbonyl (C=O) groups excluding carboxylic acids is 1. The first-order chi connectivity index (χ1) is 12.1. The highest BCUT2D eigenvalue weighted by atomic mass is 16.5. The van der Waals surface area contributed by atoms with Crippen molar-refractivity contribution in [1.82, 2.24) is 10.6 Å². The second kappa shape index (κ2) is 8.65. The molecule has 2 aliphatic rings. The number of alkyl carbamates (subject to hydrolysis) is 1. The minimum atomic E-state index is -1.05. The average molecular weight is 348 g/mol. The van der Waals surface area contributed by atoms with E-state index in [1.165, 1.54) is 6.42 Å². The van der Waals surface area contributed by atoms with E-state index in [-0.39, 0.29) is 12.6 Å². The van der Waals surface area contributed by atoms with Gasteiger partial charge in [0.05, 0.1) is 6.04 Å². The van der Waals surface area contributed by atoms with Crippen LogP contribution in [0.25, 0.3) is 0 Å². The fraction of sp³-hybridized carbons (Fsp3) is 0.632. The number of ether oxygens (including phenoxy) is 1. The molecule has 2 saturated carbocycles. The minimum Gasteiger partial charge on any atom is -0.445 e. The summed E-state index contributed by atoms with van der Waals surface area (Å²) in [4.78, 5) is 12.1. The summed E-state index contributed by atoms with van der Waals surface area (Å²) in [5.41, 5.74) is 0.907. The summed E-state index contributed by atoms with van der Waals surface area (Å²) in [6.45, 7) is 0.182. The third-order valence-corrected chi connectivity index (χ3v) is 5.05. The van der Waals surface area contributed by atoms with Crippen molar-refractivity contribution in [2.24, 2.45) is 5.92 Å². The summed E-state index contributed by atoms with van der Waals surface area (Å²) in [7, 11) is 0. The Labute approximate surface area is 148 Å². The van der Waals surface area contributed by atoms with Gasteiger partial charge >= 0.3 is 6.09 Å². The molecule has 0 saturated heterocycles. The highest BCUT2D eigenvalue weighted by Crippen LogP contribution is 2.31. The van der Waals surface area contributed by atoms with E-state index in [0.717, 1.165) is 31.2 Å². The molecule has 0 aliphatic heterocycles. The highest BCUT2D eigenvalue weighted by Gasteiger charge is 2.34. The van der Waals surface area contributed by atoms with Crippen LogP contribution in [-0.2, 0) is 11.3 Å². The molecule has 0 radical (unpaired) electrons. The molecule has 2 fully saturated rings. The molecule has 3 atom stereocenters. The summed E-state index contributed by atoms with van der Waals surface area (Å²) in [6.07, 6.45) is 3.45. The van der Waals surface area contributed by atoms with Crippen molar-refractivity contribution in [2.45, 2.75) is 69.5 Å². The standard InChI is InChI=1S/C19H28N2O4/c22-17(18(23)20-15-9-10-15)16(11-13-7-4-8-13)21-19(24)25-12-14-5-2-1-3-6-14/h1-3,5-6,13,15-18,20,22-23H,4,7-12H2,(H,21,24). The fourth-order valence-electron chi connectivity index (χ4n) is 3.10. The number of carbonyl (C=O) groups is 1. The smallest absolute Gasteiger partial charge is 0.407 e. The van der Waals surface area contributed by atoms with Crippen LogP contribution in [0.1, 0.15) is 44.1 Å². The number of aliphatic hydroxyl groups is 2. The predicted molar refractivity (Wildman–Crippen MR) is 93.7 cm³/mol. The van der Waals surface area contributed by atoms with Crippen molar-refractivity contribution in [1.29, 1.82) is 0 Å². The SMILES string of the molecule is O=C(NC(CC1CCC1)C(O)C(O)NC1CC1)OCc1ccccc1. The molecule has 1 aromatic rings. The molecular formula is C19H28N2O4. The number of aliphatic hydroxyl groups excluding tert-OH is 2. The van der Waals surface area contributed by atoms with Gasteiger partial charge in [-0.25, -0.2) is 4.79 Å². The first-order valence-corrected chi connectivity index (χ1v) is 9.21. The van der Waals surface area contributed by atoms with Crippen LogP contribution in [0.2, 0.25) is 0 Å². The maximum absolute atomic E-state index is 12.1. The van der Waals surface area contributed by atoms with Gasteiger partial charge in [0.2, 0.25) is 0 Å². The Morgan fingerprint density at radius 3 is 2.48 bits per heavy atom. The lowest BCUT2D eigenvalue weighted by molar-refractivity contribution is -0.0300. The molecule has 3 unspecified atom stereocenters. The van der Waals surface area contributed by atoms with Crippen molar-refractivity contribution in [3.05, 3.63) is 35.9 Å². The van der Waals surface area contributed by atoms with E-state index in [9.17, 15) is 15.0 Å². The van der Waals surface area contributed by atoms with Crippen LogP contribution in [0.15, 0.2) is 30.3 Å². The van der Waals surface area contributed by atoms with Crippen LogP contribution in [-0.4, -0.2) is 40.7 Å². The molecule has 0 heterocycles. The predicted octanol–water partition coefficient (Wildman–Crippen LogP) is 1.90. The van der Waals surface area contributed by atoms with E-state index in [0.29, 0.717) is 12.3 Å². The second-order valence-electron chi connectivity index (χ2n) is 7.22.